The van der Waals surface area contributed by atoms with Crippen LogP contribution in [0.2, 0.25) is 0 Å². The molecule has 0 saturated carbocycles. The van der Waals surface area contributed by atoms with Crippen LogP contribution < -0.4 is 10.2 Å². The van der Waals surface area contributed by atoms with E-state index in [4.69, 9.17) is 4.74 Å². The van der Waals surface area contributed by atoms with Gasteiger partial charge in [0, 0.05) is 45.1 Å². The molecule has 0 radical (unpaired) electrons. The zero-order valence-electron chi connectivity index (χ0n) is 11.3. The number of hydrogen-bond donors (Lipinski definition) is 1. The monoisotopic (exact) mass is 250 g/mol. The lowest BCUT2D eigenvalue weighted by Crippen LogP contribution is -2.21. The Morgan fingerprint density at radius 1 is 1.33 bits per heavy atom. The van der Waals surface area contributed by atoms with Crippen LogP contribution in [0.1, 0.15) is 25.0 Å². The molecule has 1 aliphatic rings. The number of anilines is 2. The average Bonchev–Trinajstić information content (AvgIpc) is 2.88. The fourth-order valence-electron chi connectivity index (χ4n) is 2.13. The number of nitrogens with one attached hydrogen (secondary N) is 1. The van der Waals surface area contributed by atoms with E-state index < -0.39 is 0 Å². The van der Waals surface area contributed by atoms with E-state index in [1.807, 2.05) is 13.0 Å². The SMILES string of the molecule is COCCCNc1cc(C)nc(N2CCCC2)n1. The van der Waals surface area contributed by atoms with Gasteiger partial charge in [0.25, 0.3) is 0 Å². The van der Waals surface area contributed by atoms with Crippen LogP contribution in [0.25, 0.3) is 0 Å². The lowest BCUT2D eigenvalue weighted by molar-refractivity contribution is 0.198. The zero-order valence-corrected chi connectivity index (χ0v) is 11.3. The summed E-state index contributed by atoms with van der Waals surface area (Å²) < 4.78 is 5.03. The Hall–Kier alpha value is -1.36. The van der Waals surface area contributed by atoms with Gasteiger partial charge in [-0.2, -0.15) is 4.98 Å². The van der Waals surface area contributed by atoms with Crippen molar-refractivity contribution >= 4 is 11.8 Å². The summed E-state index contributed by atoms with van der Waals surface area (Å²) >= 11 is 0. The highest BCUT2D eigenvalue weighted by molar-refractivity contribution is 5.44. The Morgan fingerprint density at radius 2 is 2.11 bits per heavy atom. The minimum atomic E-state index is 0.774. The normalized spacial score (nSPS) is 15.1. The van der Waals surface area contributed by atoms with Crippen LogP contribution in [0.4, 0.5) is 11.8 Å². The summed E-state index contributed by atoms with van der Waals surface area (Å²) in [6, 6.07) is 1.99. The predicted octanol–water partition coefficient (Wildman–Crippen LogP) is 1.83. The highest BCUT2D eigenvalue weighted by Crippen LogP contribution is 2.18. The molecule has 0 atom stereocenters. The molecular weight excluding hydrogens is 228 g/mol. The number of ether oxygens (including phenoxy) is 1. The van der Waals surface area contributed by atoms with E-state index in [9.17, 15) is 0 Å². The Kier molecular flexibility index (Phi) is 4.75. The number of aryl methyl sites for hydroxylation is 1. The molecule has 5 heteroatoms. The summed E-state index contributed by atoms with van der Waals surface area (Å²) in [5.74, 6) is 1.78. The number of nitrogens with zero attached hydrogens (tertiary/aromatic N) is 3. The zero-order chi connectivity index (χ0) is 12.8. The van der Waals surface area contributed by atoms with Crippen LogP contribution in [0.3, 0.4) is 0 Å². The van der Waals surface area contributed by atoms with Gasteiger partial charge in [-0.25, -0.2) is 4.98 Å². The van der Waals surface area contributed by atoms with Crippen molar-refractivity contribution in [3.8, 4) is 0 Å². The fraction of sp³-hybridized carbons (Fsp3) is 0.692. The first-order chi connectivity index (χ1) is 8.79. The molecule has 18 heavy (non-hydrogen) atoms. The Morgan fingerprint density at radius 3 is 2.83 bits per heavy atom. The second-order valence-corrected chi connectivity index (χ2v) is 4.66. The quantitative estimate of drug-likeness (QED) is 0.781. The molecule has 0 unspecified atom stereocenters. The van der Waals surface area contributed by atoms with E-state index in [0.717, 1.165) is 50.1 Å². The molecule has 100 valence electrons. The van der Waals surface area contributed by atoms with Crippen molar-refractivity contribution in [3.63, 3.8) is 0 Å². The number of aromatic nitrogens is 2. The molecule has 0 aliphatic carbocycles. The molecule has 1 fully saturated rings. The van der Waals surface area contributed by atoms with Crippen LogP contribution in [-0.2, 0) is 4.74 Å². The van der Waals surface area contributed by atoms with Gasteiger partial charge in [0.15, 0.2) is 0 Å². The third-order valence-corrected chi connectivity index (χ3v) is 3.06. The van der Waals surface area contributed by atoms with Crippen molar-refractivity contribution in [2.75, 3.05) is 43.6 Å². The van der Waals surface area contributed by atoms with Crippen molar-refractivity contribution in [3.05, 3.63) is 11.8 Å². The highest BCUT2D eigenvalue weighted by atomic mass is 16.5. The van der Waals surface area contributed by atoms with Crippen LogP contribution in [0.5, 0.6) is 0 Å². The molecule has 1 N–H and O–H groups in total. The lowest BCUT2D eigenvalue weighted by atomic mass is 10.4. The second kappa shape index (κ2) is 6.54. The maximum absolute atomic E-state index is 5.03. The Balaban J connectivity index is 1.97. The smallest absolute Gasteiger partial charge is 0.227 e. The largest absolute Gasteiger partial charge is 0.385 e. The van der Waals surface area contributed by atoms with E-state index in [0.29, 0.717) is 0 Å². The van der Waals surface area contributed by atoms with E-state index in [1.54, 1.807) is 7.11 Å². The van der Waals surface area contributed by atoms with Crippen molar-refractivity contribution in [2.24, 2.45) is 0 Å². The summed E-state index contributed by atoms with van der Waals surface area (Å²) in [7, 11) is 1.72. The minimum absolute atomic E-state index is 0.774. The first-order valence-electron chi connectivity index (χ1n) is 6.63. The number of rotatable bonds is 6. The van der Waals surface area contributed by atoms with Gasteiger partial charge >= 0.3 is 0 Å². The van der Waals surface area contributed by atoms with Gasteiger partial charge in [0.2, 0.25) is 5.95 Å². The van der Waals surface area contributed by atoms with Crippen molar-refractivity contribution in [2.45, 2.75) is 26.2 Å². The number of hydrogen-bond acceptors (Lipinski definition) is 5. The molecule has 0 amide bonds. The fourth-order valence-corrected chi connectivity index (χ4v) is 2.13. The summed E-state index contributed by atoms with van der Waals surface area (Å²) in [5.41, 5.74) is 1.01. The first-order valence-corrected chi connectivity index (χ1v) is 6.63. The summed E-state index contributed by atoms with van der Waals surface area (Å²) in [4.78, 5) is 11.3. The maximum Gasteiger partial charge on any atom is 0.227 e. The van der Waals surface area contributed by atoms with Crippen LogP contribution >= 0.6 is 0 Å². The standard InChI is InChI=1S/C13H22N4O/c1-11-10-12(14-6-5-9-18-2)16-13(15-11)17-7-3-4-8-17/h10H,3-9H2,1-2H3,(H,14,15,16). The summed E-state index contributed by atoms with van der Waals surface area (Å²) in [5, 5.41) is 3.33. The first kappa shape index (κ1) is 13.1. The van der Waals surface area contributed by atoms with Crippen LogP contribution in [-0.4, -0.2) is 43.3 Å². The van der Waals surface area contributed by atoms with Gasteiger partial charge in [-0.3, -0.25) is 0 Å². The maximum atomic E-state index is 5.03. The predicted molar refractivity (Wildman–Crippen MR) is 73.2 cm³/mol. The van der Waals surface area contributed by atoms with Gasteiger partial charge in [-0.1, -0.05) is 0 Å². The van der Waals surface area contributed by atoms with E-state index in [1.165, 1.54) is 12.8 Å². The van der Waals surface area contributed by atoms with Gasteiger partial charge in [-0.15, -0.1) is 0 Å². The topological polar surface area (TPSA) is 50.3 Å². The summed E-state index contributed by atoms with van der Waals surface area (Å²) in [6.07, 6.45) is 3.47. The molecule has 0 bridgehead atoms. The minimum Gasteiger partial charge on any atom is -0.385 e. The van der Waals surface area contributed by atoms with E-state index in [2.05, 4.69) is 20.2 Å². The molecule has 1 aromatic heterocycles. The molecule has 0 aromatic carbocycles. The average molecular weight is 250 g/mol. The Labute approximate surface area is 109 Å². The molecule has 2 heterocycles. The van der Waals surface area contributed by atoms with Gasteiger partial charge < -0.3 is 15.0 Å². The van der Waals surface area contributed by atoms with Gasteiger partial charge in [0.05, 0.1) is 0 Å². The van der Waals surface area contributed by atoms with Crippen molar-refractivity contribution < 1.29 is 4.74 Å². The molecule has 5 nitrogen and oxygen atoms in total. The highest BCUT2D eigenvalue weighted by Gasteiger charge is 2.15. The molecule has 0 spiro atoms. The third-order valence-electron chi connectivity index (χ3n) is 3.06. The Bertz CT molecular complexity index is 377. The van der Waals surface area contributed by atoms with Crippen LogP contribution in [0, 0.1) is 6.92 Å². The molecule has 1 aromatic rings. The molecular formula is C13H22N4O. The van der Waals surface area contributed by atoms with Crippen molar-refractivity contribution in [1.29, 1.82) is 0 Å². The second-order valence-electron chi connectivity index (χ2n) is 4.66. The molecule has 1 aliphatic heterocycles. The summed E-state index contributed by atoms with van der Waals surface area (Å²) in [6.45, 7) is 5.82. The van der Waals surface area contributed by atoms with Gasteiger partial charge in [0.1, 0.15) is 5.82 Å². The molecule has 1 saturated heterocycles. The molecule has 2 rings (SSSR count). The van der Waals surface area contributed by atoms with E-state index >= 15 is 0 Å². The van der Waals surface area contributed by atoms with Gasteiger partial charge in [-0.05, 0) is 26.2 Å². The third kappa shape index (κ3) is 3.57. The van der Waals surface area contributed by atoms with Crippen LogP contribution in [0.15, 0.2) is 6.07 Å². The number of methoxy groups -OCH3 is 1. The van der Waals surface area contributed by atoms with Crippen molar-refractivity contribution in [1.82, 2.24) is 9.97 Å². The lowest BCUT2D eigenvalue weighted by Gasteiger charge is -2.16. The van der Waals surface area contributed by atoms with E-state index in [-0.39, 0.29) is 0 Å².